The minimum absolute atomic E-state index is 0.0378. The molecule has 2 aromatic rings. The minimum Gasteiger partial charge on any atom is -0.491 e. The maximum absolute atomic E-state index is 12.1. The third-order valence-electron chi connectivity index (χ3n) is 3.60. The Morgan fingerprint density at radius 1 is 0.931 bits per heavy atom. The van der Waals surface area contributed by atoms with Crippen molar-refractivity contribution in [2.75, 3.05) is 13.2 Å². The molecule has 154 valence electrons. The maximum Gasteiger partial charge on any atom is 0.276 e. The van der Waals surface area contributed by atoms with Crippen LogP contribution in [0.4, 0.5) is 0 Å². The van der Waals surface area contributed by atoms with Gasteiger partial charge in [0.05, 0.1) is 12.6 Å². The fourth-order valence-corrected chi connectivity index (χ4v) is 2.29. The molecule has 3 N–H and O–H groups in total. The van der Waals surface area contributed by atoms with Crippen LogP contribution >= 0.6 is 0 Å². The van der Waals surface area contributed by atoms with Crippen LogP contribution in [0.15, 0.2) is 48.5 Å². The first-order valence-electron chi connectivity index (χ1n) is 9.15. The number of nitrogens with one attached hydrogen (secondary N) is 3. The van der Waals surface area contributed by atoms with E-state index in [2.05, 4.69) is 16.2 Å². The summed E-state index contributed by atoms with van der Waals surface area (Å²) >= 11 is 0. The zero-order chi connectivity index (χ0) is 21.2. The molecule has 0 saturated heterocycles. The summed E-state index contributed by atoms with van der Waals surface area (Å²) in [7, 11) is 0. The van der Waals surface area contributed by atoms with Gasteiger partial charge >= 0.3 is 0 Å². The molecule has 0 unspecified atom stereocenters. The van der Waals surface area contributed by atoms with E-state index in [9.17, 15) is 14.4 Å². The number of ether oxygens (including phenoxy) is 2. The predicted octanol–water partition coefficient (Wildman–Crippen LogP) is 1.74. The monoisotopic (exact) mass is 399 g/mol. The summed E-state index contributed by atoms with van der Waals surface area (Å²) in [6, 6.07) is 13.8. The van der Waals surface area contributed by atoms with Gasteiger partial charge in [0.15, 0.2) is 6.61 Å². The maximum atomic E-state index is 12.1. The topological polar surface area (TPSA) is 106 Å². The average molecular weight is 399 g/mol. The molecule has 2 rings (SSSR count). The van der Waals surface area contributed by atoms with Crippen molar-refractivity contribution >= 4 is 17.7 Å². The Balaban J connectivity index is 1.68. The van der Waals surface area contributed by atoms with E-state index in [1.165, 1.54) is 0 Å². The zero-order valence-electron chi connectivity index (χ0n) is 16.7. The van der Waals surface area contributed by atoms with E-state index in [0.717, 1.165) is 5.56 Å². The molecule has 0 aliphatic rings. The number of hydrogen-bond donors (Lipinski definition) is 3. The first-order valence-corrected chi connectivity index (χ1v) is 9.15. The smallest absolute Gasteiger partial charge is 0.276 e. The molecule has 0 bridgehead atoms. The molecule has 0 radical (unpaired) electrons. The van der Waals surface area contributed by atoms with Crippen molar-refractivity contribution in [1.82, 2.24) is 16.2 Å². The Labute approximate surface area is 169 Å². The lowest BCUT2D eigenvalue weighted by molar-refractivity contribution is -0.129. The van der Waals surface area contributed by atoms with Crippen molar-refractivity contribution in [2.45, 2.75) is 26.9 Å². The van der Waals surface area contributed by atoms with Crippen LogP contribution in [0.5, 0.6) is 11.5 Å². The molecule has 0 aromatic heterocycles. The fourth-order valence-electron chi connectivity index (χ4n) is 2.29. The van der Waals surface area contributed by atoms with E-state index in [0.29, 0.717) is 17.1 Å². The fraction of sp³-hybridized carbons (Fsp3) is 0.286. The molecule has 0 heterocycles. The molecule has 0 aliphatic carbocycles. The third-order valence-corrected chi connectivity index (χ3v) is 3.60. The first kappa shape index (κ1) is 21.7. The van der Waals surface area contributed by atoms with Crippen molar-refractivity contribution < 1.29 is 23.9 Å². The SMILES string of the molecule is Cc1cccc(OCC(=O)NNC(=O)CNC(=O)c2ccc(OC(C)C)cc2)c1. The number of aryl methyl sites for hydroxylation is 1. The Hall–Kier alpha value is -3.55. The molecule has 8 heteroatoms. The number of carbonyl (C=O) groups excluding carboxylic acids is 3. The highest BCUT2D eigenvalue weighted by molar-refractivity contribution is 5.96. The van der Waals surface area contributed by atoms with Gasteiger partial charge in [0.2, 0.25) is 0 Å². The van der Waals surface area contributed by atoms with Crippen LogP contribution in [-0.4, -0.2) is 37.0 Å². The van der Waals surface area contributed by atoms with Crippen LogP contribution in [0.3, 0.4) is 0 Å². The van der Waals surface area contributed by atoms with Gasteiger partial charge in [0.25, 0.3) is 17.7 Å². The summed E-state index contributed by atoms with van der Waals surface area (Å²) in [6.45, 7) is 5.19. The average Bonchev–Trinajstić information content (AvgIpc) is 2.69. The standard InChI is InChI=1S/C21H25N3O5/c1-14(2)29-17-9-7-16(8-10-17)21(27)22-12-19(25)23-24-20(26)13-28-18-6-4-5-15(3)11-18/h4-11,14H,12-13H2,1-3H3,(H,22,27)(H,23,25)(H,24,26). The Kier molecular flexibility index (Phi) is 8.02. The Morgan fingerprint density at radius 3 is 2.28 bits per heavy atom. The van der Waals surface area contributed by atoms with Gasteiger partial charge < -0.3 is 14.8 Å². The van der Waals surface area contributed by atoms with Crippen molar-refractivity contribution in [2.24, 2.45) is 0 Å². The predicted molar refractivity (Wildman–Crippen MR) is 107 cm³/mol. The lowest BCUT2D eigenvalue weighted by Crippen LogP contribution is -2.47. The summed E-state index contributed by atoms with van der Waals surface area (Å²) in [5.41, 5.74) is 5.84. The van der Waals surface area contributed by atoms with Gasteiger partial charge in [-0.15, -0.1) is 0 Å². The molecule has 0 spiro atoms. The van der Waals surface area contributed by atoms with Gasteiger partial charge in [0, 0.05) is 5.56 Å². The molecule has 3 amide bonds. The van der Waals surface area contributed by atoms with Gasteiger partial charge in [-0.2, -0.15) is 0 Å². The van der Waals surface area contributed by atoms with Crippen molar-refractivity contribution in [3.63, 3.8) is 0 Å². The van der Waals surface area contributed by atoms with E-state index in [4.69, 9.17) is 9.47 Å². The van der Waals surface area contributed by atoms with Gasteiger partial charge in [0.1, 0.15) is 11.5 Å². The van der Waals surface area contributed by atoms with Gasteiger partial charge in [-0.25, -0.2) is 0 Å². The molecule has 8 nitrogen and oxygen atoms in total. The molecule has 2 aromatic carbocycles. The number of hydrogen-bond acceptors (Lipinski definition) is 5. The highest BCUT2D eigenvalue weighted by Gasteiger charge is 2.10. The van der Waals surface area contributed by atoms with E-state index in [1.54, 1.807) is 36.4 Å². The van der Waals surface area contributed by atoms with Crippen LogP contribution in [0.2, 0.25) is 0 Å². The van der Waals surface area contributed by atoms with Crippen LogP contribution in [-0.2, 0) is 9.59 Å². The van der Waals surface area contributed by atoms with Gasteiger partial charge in [-0.3, -0.25) is 25.2 Å². The zero-order valence-corrected chi connectivity index (χ0v) is 16.7. The molecular formula is C21H25N3O5. The minimum atomic E-state index is -0.568. The van der Waals surface area contributed by atoms with Gasteiger partial charge in [-0.1, -0.05) is 12.1 Å². The van der Waals surface area contributed by atoms with Crippen LogP contribution in [0.25, 0.3) is 0 Å². The van der Waals surface area contributed by atoms with E-state index in [-0.39, 0.29) is 19.3 Å². The normalized spacial score (nSPS) is 10.2. The largest absolute Gasteiger partial charge is 0.491 e. The lowest BCUT2D eigenvalue weighted by atomic mass is 10.2. The molecule has 0 aliphatic heterocycles. The van der Waals surface area contributed by atoms with E-state index < -0.39 is 17.7 Å². The summed E-state index contributed by atoms with van der Waals surface area (Å²) in [6.07, 6.45) is 0.0378. The third kappa shape index (κ3) is 7.92. The molecule has 0 fully saturated rings. The van der Waals surface area contributed by atoms with Crippen LogP contribution in [0, 0.1) is 6.92 Å². The summed E-state index contributed by atoms with van der Waals surface area (Å²) < 4.78 is 10.8. The van der Waals surface area contributed by atoms with Crippen molar-refractivity contribution in [3.8, 4) is 11.5 Å². The van der Waals surface area contributed by atoms with Crippen LogP contribution < -0.4 is 25.6 Å². The quantitative estimate of drug-likeness (QED) is 0.587. The summed E-state index contributed by atoms with van der Waals surface area (Å²) in [4.78, 5) is 35.6. The van der Waals surface area contributed by atoms with Gasteiger partial charge in [-0.05, 0) is 62.7 Å². The van der Waals surface area contributed by atoms with E-state index >= 15 is 0 Å². The number of carbonyl (C=O) groups is 3. The molecular weight excluding hydrogens is 374 g/mol. The van der Waals surface area contributed by atoms with Crippen LogP contribution in [0.1, 0.15) is 29.8 Å². The molecule has 0 atom stereocenters. The molecule has 29 heavy (non-hydrogen) atoms. The van der Waals surface area contributed by atoms with Crippen molar-refractivity contribution in [1.29, 1.82) is 0 Å². The lowest BCUT2D eigenvalue weighted by Gasteiger charge is -2.11. The summed E-state index contributed by atoms with van der Waals surface area (Å²) in [5.74, 6) is -0.285. The highest BCUT2D eigenvalue weighted by atomic mass is 16.5. The Morgan fingerprint density at radius 2 is 1.62 bits per heavy atom. The highest BCUT2D eigenvalue weighted by Crippen LogP contribution is 2.14. The number of rotatable bonds is 8. The van der Waals surface area contributed by atoms with Crippen molar-refractivity contribution in [3.05, 3.63) is 59.7 Å². The van der Waals surface area contributed by atoms with E-state index in [1.807, 2.05) is 32.9 Å². The second-order valence-corrected chi connectivity index (χ2v) is 6.58. The summed E-state index contributed by atoms with van der Waals surface area (Å²) in [5, 5.41) is 2.47. The second-order valence-electron chi connectivity index (χ2n) is 6.58. The number of amides is 3. The number of benzene rings is 2. The molecule has 0 saturated carbocycles. The first-order chi connectivity index (χ1) is 13.8. The second kappa shape index (κ2) is 10.7. The Bertz CT molecular complexity index is 850. The number of hydrazine groups is 1.